The van der Waals surface area contributed by atoms with Crippen molar-refractivity contribution in [3.8, 4) is 0 Å². The number of rotatable bonds is 4. The molecule has 3 heteroatoms. The molecule has 0 amide bonds. The van der Waals surface area contributed by atoms with Crippen molar-refractivity contribution < 1.29 is 9.90 Å². The molecule has 1 unspecified atom stereocenters. The molecule has 1 atom stereocenters. The molecule has 0 aromatic carbocycles. The van der Waals surface area contributed by atoms with Crippen molar-refractivity contribution in [2.45, 2.75) is 51.5 Å². The third-order valence-corrected chi connectivity index (χ3v) is 4.14. The second-order valence-corrected chi connectivity index (χ2v) is 5.27. The van der Waals surface area contributed by atoms with E-state index >= 15 is 0 Å². The Balaban J connectivity index is 1.83. The second-order valence-electron chi connectivity index (χ2n) is 5.27. The molecular weight excluding hydrogens is 190 g/mol. The Hall–Kier alpha value is -0.570. The fourth-order valence-corrected chi connectivity index (χ4v) is 3.25. The molecule has 1 saturated heterocycles. The number of carbonyl (C=O) groups is 1. The Morgan fingerprint density at radius 1 is 1.40 bits per heavy atom. The van der Waals surface area contributed by atoms with Gasteiger partial charge in [-0.3, -0.25) is 9.69 Å². The Labute approximate surface area is 91.5 Å². The highest BCUT2D eigenvalue weighted by atomic mass is 16.4. The predicted octanol–water partition coefficient (Wildman–Crippen LogP) is 2.12. The first kappa shape index (κ1) is 10.9. The number of likely N-dealkylation sites (tertiary alicyclic amines) is 1. The highest BCUT2D eigenvalue weighted by Crippen LogP contribution is 2.46. The first-order chi connectivity index (χ1) is 7.15. The van der Waals surface area contributed by atoms with Crippen LogP contribution in [0, 0.1) is 5.41 Å². The molecule has 1 N–H and O–H groups in total. The van der Waals surface area contributed by atoms with Crippen LogP contribution in [0.15, 0.2) is 0 Å². The van der Waals surface area contributed by atoms with E-state index in [1.165, 1.54) is 25.7 Å². The second kappa shape index (κ2) is 4.12. The quantitative estimate of drug-likeness (QED) is 0.774. The normalized spacial score (nSPS) is 26.5. The minimum absolute atomic E-state index is 0.272. The zero-order chi connectivity index (χ0) is 10.9. The molecule has 1 spiro atoms. The molecule has 86 valence electrons. The third kappa shape index (κ3) is 2.17. The van der Waals surface area contributed by atoms with E-state index in [2.05, 4.69) is 11.8 Å². The first-order valence-corrected chi connectivity index (χ1v) is 6.11. The summed E-state index contributed by atoms with van der Waals surface area (Å²) in [5.41, 5.74) is 0.589. The lowest BCUT2D eigenvalue weighted by atomic mass is 9.77. The lowest BCUT2D eigenvalue weighted by Gasteiger charge is -2.51. The van der Waals surface area contributed by atoms with Gasteiger partial charge in [-0.1, -0.05) is 19.8 Å². The van der Waals surface area contributed by atoms with Gasteiger partial charge >= 0.3 is 5.97 Å². The number of aliphatic carboxylic acids is 1. The van der Waals surface area contributed by atoms with Crippen molar-refractivity contribution in [3.63, 3.8) is 0 Å². The van der Waals surface area contributed by atoms with Crippen LogP contribution in [-0.2, 0) is 4.79 Å². The van der Waals surface area contributed by atoms with Gasteiger partial charge in [-0.15, -0.1) is 0 Å². The van der Waals surface area contributed by atoms with Crippen molar-refractivity contribution in [2.24, 2.45) is 5.41 Å². The topological polar surface area (TPSA) is 40.5 Å². The fraction of sp³-hybridized carbons (Fsp3) is 0.917. The lowest BCUT2D eigenvalue weighted by Crippen LogP contribution is -2.58. The van der Waals surface area contributed by atoms with Gasteiger partial charge in [-0.2, -0.15) is 0 Å². The monoisotopic (exact) mass is 211 g/mol. The van der Waals surface area contributed by atoms with Crippen LogP contribution in [-0.4, -0.2) is 35.1 Å². The molecule has 1 heterocycles. The standard InChI is InChI=1S/C12H21NO2/c1-2-10(7-11(14)15)13-8-12(9-13)5-3-4-6-12/h10H,2-9H2,1H3,(H,14,15). The number of hydrogen-bond donors (Lipinski definition) is 1. The van der Waals surface area contributed by atoms with E-state index in [0.717, 1.165) is 19.5 Å². The summed E-state index contributed by atoms with van der Waals surface area (Å²) in [6.45, 7) is 4.39. The Morgan fingerprint density at radius 3 is 2.47 bits per heavy atom. The highest BCUT2D eigenvalue weighted by molar-refractivity contribution is 5.67. The number of carboxylic acids is 1. The van der Waals surface area contributed by atoms with Crippen molar-refractivity contribution in [3.05, 3.63) is 0 Å². The lowest BCUT2D eigenvalue weighted by molar-refractivity contribution is -0.140. The van der Waals surface area contributed by atoms with Crippen LogP contribution >= 0.6 is 0 Å². The first-order valence-electron chi connectivity index (χ1n) is 6.11. The Bertz CT molecular complexity index is 238. The summed E-state index contributed by atoms with van der Waals surface area (Å²) < 4.78 is 0. The zero-order valence-electron chi connectivity index (χ0n) is 9.54. The van der Waals surface area contributed by atoms with E-state index in [4.69, 9.17) is 5.11 Å². The molecule has 1 aliphatic carbocycles. The molecule has 0 aromatic rings. The molecule has 0 bridgehead atoms. The maximum absolute atomic E-state index is 10.7. The molecule has 15 heavy (non-hydrogen) atoms. The van der Waals surface area contributed by atoms with Crippen molar-refractivity contribution in [2.75, 3.05) is 13.1 Å². The summed E-state index contributed by atoms with van der Waals surface area (Å²) in [6, 6.07) is 0.272. The van der Waals surface area contributed by atoms with Crippen LogP contribution in [0.4, 0.5) is 0 Å². The Kier molecular flexibility index (Phi) is 3.01. The van der Waals surface area contributed by atoms with Gasteiger partial charge in [0, 0.05) is 19.1 Å². The fourth-order valence-electron chi connectivity index (χ4n) is 3.25. The van der Waals surface area contributed by atoms with E-state index in [-0.39, 0.29) is 6.04 Å². The van der Waals surface area contributed by atoms with E-state index in [1.807, 2.05) is 0 Å². The average molecular weight is 211 g/mol. The van der Waals surface area contributed by atoms with E-state index in [1.54, 1.807) is 0 Å². The maximum Gasteiger partial charge on any atom is 0.304 e. The number of carboxylic acid groups (broad SMARTS) is 1. The van der Waals surface area contributed by atoms with Crippen molar-refractivity contribution in [1.82, 2.24) is 4.90 Å². The molecule has 0 aromatic heterocycles. The van der Waals surface area contributed by atoms with Gasteiger partial charge in [0.2, 0.25) is 0 Å². The Morgan fingerprint density at radius 2 is 2.00 bits per heavy atom. The summed E-state index contributed by atoms with van der Waals surface area (Å²) in [7, 11) is 0. The zero-order valence-corrected chi connectivity index (χ0v) is 9.54. The van der Waals surface area contributed by atoms with Crippen molar-refractivity contribution in [1.29, 1.82) is 0 Å². The summed E-state index contributed by atoms with van der Waals surface area (Å²) in [4.78, 5) is 13.1. The smallest absolute Gasteiger partial charge is 0.304 e. The van der Waals surface area contributed by atoms with Crippen molar-refractivity contribution >= 4 is 5.97 Å². The van der Waals surface area contributed by atoms with Gasteiger partial charge in [-0.25, -0.2) is 0 Å². The van der Waals surface area contributed by atoms with Gasteiger partial charge in [0.25, 0.3) is 0 Å². The summed E-state index contributed by atoms with van der Waals surface area (Å²) in [6.07, 6.45) is 6.77. The van der Waals surface area contributed by atoms with E-state index < -0.39 is 5.97 Å². The summed E-state index contributed by atoms with van der Waals surface area (Å²) in [5, 5.41) is 8.81. The summed E-state index contributed by atoms with van der Waals surface area (Å²) in [5.74, 6) is -0.658. The molecule has 2 fully saturated rings. The highest BCUT2D eigenvalue weighted by Gasteiger charge is 2.46. The van der Waals surface area contributed by atoms with Gasteiger partial charge in [0.15, 0.2) is 0 Å². The predicted molar refractivity (Wildman–Crippen MR) is 58.8 cm³/mol. The van der Waals surface area contributed by atoms with Gasteiger partial charge in [0.05, 0.1) is 6.42 Å². The molecule has 1 aliphatic heterocycles. The largest absolute Gasteiger partial charge is 0.481 e. The molecule has 1 saturated carbocycles. The molecule has 2 rings (SSSR count). The third-order valence-electron chi connectivity index (χ3n) is 4.14. The van der Waals surface area contributed by atoms with E-state index in [9.17, 15) is 4.79 Å². The average Bonchev–Trinajstić information content (AvgIpc) is 2.60. The molecule has 0 radical (unpaired) electrons. The van der Waals surface area contributed by atoms with E-state index in [0.29, 0.717) is 11.8 Å². The molecule has 2 aliphatic rings. The SMILES string of the molecule is CCC(CC(=O)O)N1CC2(CCCC2)C1. The van der Waals surface area contributed by atoms with Crippen LogP contribution in [0.3, 0.4) is 0 Å². The van der Waals surface area contributed by atoms with Crippen LogP contribution in [0.2, 0.25) is 0 Å². The summed E-state index contributed by atoms with van der Waals surface area (Å²) >= 11 is 0. The molecule has 3 nitrogen and oxygen atoms in total. The van der Waals surface area contributed by atoms with Crippen LogP contribution in [0.1, 0.15) is 45.4 Å². The minimum atomic E-state index is -0.658. The number of nitrogens with zero attached hydrogens (tertiary/aromatic N) is 1. The van der Waals surface area contributed by atoms with Gasteiger partial charge in [0.1, 0.15) is 0 Å². The minimum Gasteiger partial charge on any atom is -0.481 e. The van der Waals surface area contributed by atoms with Crippen LogP contribution < -0.4 is 0 Å². The van der Waals surface area contributed by atoms with Gasteiger partial charge in [-0.05, 0) is 24.7 Å². The van der Waals surface area contributed by atoms with Crippen LogP contribution in [0.5, 0.6) is 0 Å². The molecular formula is C12H21NO2. The maximum atomic E-state index is 10.7. The van der Waals surface area contributed by atoms with Crippen LogP contribution in [0.25, 0.3) is 0 Å². The number of hydrogen-bond acceptors (Lipinski definition) is 2. The van der Waals surface area contributed by atoms with Gasteiger partial charge < -0.3 is 5.11 Å².